The quantitative estimate of drug-likeness (QED) is 0.858. The second-order valence-corrected chi connectivity index (χ2v) is 4.35. The minimum absolute atomic E-state index is 0.0317. The Morgan fingerprint density at radius 2 is 2.06 bits per heavy atom. The van der Waals surface area contributed by atoms with Gasteiger partial charge in [0.25, 0.3) is 0 Å². The summed E-state index contributed by atoms with van der Waals surface area (Å²) >= 11 is 0. The Kier molecular flexibility index (Phi) is 3.10. The maximum atomic E-state index is 13.2. The summed E-state index contributed by atoms with van der Waals surface area (Å²) in [5.41, 5.74) is -0.251. The minimum atomic E-state index is -0.963. The van der Waals surface area contributed by atoms with E-state index in [1.54, 1.807) is 0 Å². The van der Waals surface area contributed by atoms with Gasteiger partial charge in [0.15, 0.2) is 11.6 Å². The third-order valence-electron chi connectivity index (χ3n) is 3.20. The van der Waals surface area contributed by atoms with Crippen LogP contribution in [0.2, 0.25) is 0 Å². The first-order valence-corrected chi connectivity index (χ1v) is 5.35. The number of ether oxygens (including phenoxy) is 1. The minimum Gasteiger partial charge on any atom is -0.490 e. The molecule has 1 aromatic rings. The van der Waals surface area contributed by atoms with Crippen LogP contribution in [0.1, 0.15) is 19.3 Å². The standard InChI is InChI=1S/C12H14F2O2/c13-9-3-1-4-10(11(9)14)16-8-12(7-15)5-2-6-12/h1,3-4,15H,2,5-8H2. The van der Waals surface area contributed by atoms with Crippen molar-refractivity contribution < 1.29 is 18.6 Å². The van der Waals surface area contributed by atoms with E-state index in [-0.39, 0.29) is 24.4 Å². The van der Waals surface area contributed by atoms with Crippen LogP contribution in [0.5, 0.6) is 5.75 Å². The third kappa shape index (κ3) is 2.02. The van der Waals surface area contributed by atoms with Crippen molar-refractivity contribution in [1.82, 2.24) is 0 Å². The van der Waals surface area contributed by atoms with Gasteiger partial charge < -0.3 is 9.84 Å². The zero-order valence-electron chi connectivity index (χ0n) is 8.88. The first kappa shape index (κ1) is 11.3. The second kappa shape index (κ2) is 4.37. The van der Waals surface area contributed by atoms with Crippen LogP contribution < -0.4 is 4.74 Å². The predicted octanol–water partition coefficient (Wildman–Crippen LogP) is 2.51. The summed E-state index contributed by atoms with van der Waals surface area (Å²) in [5.74, 6) is -1.96. The monoisotopic (exact) mass is 228 g/mol. The molecule has 0 radical (unpaired) electrons. The molecule has 0 heterocycles. The van der Waals surface area contributed by atoms with E-state index in [1.165, 1.54) is 12.1 Å². The van der Waals surface area contributed by atoms with Gasteiger partial charge in [0.05, 0.1) is 13.2 Å². The van der Waals surface area contributed by atoms with Crippen molar-refractivity contribution >= 4 is 0 Å². The predicted molar refractivity (Wildman–Crippen MR) is 55.2 cm³/mol. The van der Waals surface area contributed by atoms with Gasteiger partial charge in [-0.05, 0) is 25.0 Å². The number of aliphatic hydroxyl groups excluding tert-OH is 1. The zero-order valence-corrected chi connectivity index (χ0v) is 8.88. The highest BCUT2D eigenvalue weighted by atomic mass is 19.2. The molecule has 0 bridgehead atoms. The summed E-state index contributed by atoms with van der Waals surface area (Å²) in [6.07, 6.45) is 2.80. The number of aliphatic hydroxyl groups is 1. The largest absolute Gasteiger partial charge is 0.490 e. The molecule has 88 valence electrons. The average Bonchev–Trinajstić information content (AvgIpc) is 2.23. The van der Waals surface area contributed by atoms with Crippen molar-refractivity contribution in [3.63, 3.8) is 0 Å². The fourth-order valence-corrected chi connectivity index (χ4v) is 1.85. The van der Waals surface area contributed by atoms with Gasteiger partial charge in [-0.15, -0.1) is 0 Å². The van der Waals surface area contributed by atoms with Crippen LogP contribution in [0.25, 0.3) is 0 Å². The smallest absolute Gasteiger partial charge is 0.200 e. The van der Waals surface area contributed by atoms with Crippen molar-refractivity contribution in [3.05, 3.63) is 29.8 Å². The molecule has 2 rings (SSSR count). The highest BCUT2D eigenvalue weighted by Gasteiger charge is 2.37. The van der Waals surface area contributed by atoms with Crippen LogP contribution in [-0.2, 0) is 0 Å². The number of halogens is 2. The lowest BCUT2D eigenvalue weighted by molar-refractivity contribution is -0.00118. The van der Waals surface area contributed by atoms with Gasteiger partial charge in [0.1, 0.15) is 0 Å². The van der Waals surface area contributed by atoms with Crippen LogP contribution in [0.15, 0.2) is 18.2 Å². The highest BCUT2D eigenvalue weighted by Crippen LogP contribution is 2.40. The zero-order chi connectivity index (χ0) is 11.6. The highest BCUT2D eigenvalue weighted by molar-refractivity contribution is 5.25. The average molecular weight is 228 g/mol. The van der Waals surface area contributed by atoms with Gasteiger partial charge in [-0.2, -0.15) is 4.39 Å². The number of benzene rings is 1. The van der Waals surface area contributed by atoms with E-state index in [0.29, 0.717) is 0 Å². The summed E-state index contributed by atoms with van der Waals surface area (Å²) in [7, 11) is 0. The molecule has 4 heteroatoms. The van der Waals surface area contributed by atoms with Crippen molar-refractivity contribution in [2.75, 3.05) is 13.2 Å². The molecule has 0 aliphatic heterocycles. The fraction of sp³-hybridized carbons (Fsp3) is 0.500. The molecule has 0 aromatic heterocycles. The Morgan fingerprint density at radius 1 is 1.31 bits per heavy atom. The molecule has 0 atom stereocenters. The lowest BCUT2D eigenvalue weighted by atomic mass is 9.70. The molecule has 2 nitrogen and oxygen atoms in total. The molecule has 0 amide bonds. The van der Waals surface area contributed by atoms with Crippen LogP contribution in [-0.4, -0.2) is 18.3 Å². The lowest BCUT2D eigenvalue weighted by Gasteiger charge is -2.39. The van der Waals surface area contributed by atoms with Crippen molar-refractivity contribution in [2.24, 2.45) is 5.41 Å². The van der Waals surface area contributed by atoms with Crippen LogP contribution in [0.4, 0.5) is 8.78 Å². The molecule has 1 aliphatic carbocycles. The number of rotatable bonds is 4. The summed E-state index contributed by atoms with van der Waals surface area (Å²) in [6, 6.07) is 3.84. The molecule has 16 heavy (non-hydrogen) atoms. The van der Waals surface area contributed by atoms with Crippen LogP contribution >= 0.6 is 0 Å². The fourth-order valence-electron chi connectivity index (χ4n) is 1.85. The maximum Gasteiger partial charge on any atom is 0.200 e. The first-order valence-electron chi connectivity index (χ1n) is 5.35. The van der Waals surface area contributed by atoms with Crippen LogP contribution in [0, 0.1) is 17.0 Å². The van der Waals surface area contributed by atoms with Crippen molar-refractivity contribution in [1.29, 1.82) is 0 Å². The van der Waals surface area contributed by atoms with Crippen molar-refractivity contribution in [3.8, 4) is 5.75 Å². The molecular weight excluding hydrogens is 214 g/mol. The van der Waals surface area contributed by atoms with Crippen LogP contribution in [0.3, 0.4) is 0 Å². The summed E-state index contributed by atoms with van der Waals surface area (Å²) < 4.78 is 31.4. The summed E-state index contributed by atoms with van der Waals surface area (Å²) in [6.45, 7) is 0.272. The van der Waals surface area contributed by atoms with Gasteiger partial charge in [0, 0.05) is 5.41 Å². The van der Waals surface area contributed by atoms with Gasteiger partial charge in [-0.3, -0.25) is 0 Å². The second-order valence-electron chi connectivity index (χ2n) is 4.35. The van der Waals surface area contributed by atoms with Gasteiger partial charge in [0.2, 0.25) is 5.82 Å². The molecule has 1 aromatic carbocycles. The summed E-state index contributed by atoms with van der Waals surface area (Å²) in [4.78, 5) is 0. The topological polar surface area (TPSA) is 29.5 Å². The van der Waals surface area contributed by atoms with E-state index in [0.717, 1.165) is 25.3 Å². The van der Waals surface area contributed by atoms with E-state index in [1.807, 2.05) is 0 Å². The Hall–Kier alpha value is -1.16. The SMILES string of the molecule is OCC1(COc2cccc(F)c2F)CCC1. The lowest BCUT2D eigenvalue weighted by Crippen LogP contribution is -2.39. The van der Waals surface area contributed by atoms with E-state index < -0.39 is 11.6 Å². The first-order chi connectivity index (χ1) is 7.67. The third-order valence-corrected chi connectivity index (χ3v) is 3.20. The normalized spacial score (nSPS) is 17.9. The maximum absolute atomic E-state index is 13.2. The molecule has 0 saturated heterocycles. The molecular formula is C12H14F2O2. The molecule has 0 unspecified atom stereocenters. The summed E-state index contributed by atoms with van der Waals surface area (Å²) in [5, 5.41) is 9.19. The molecule has 1 saturated carbocycles. The Balaban J connectivity index is 2.02. The Morgan fingerprint density at radius 3 is 2.62 bits per heavy atom. The molecule has 1 fully saturated rings. The van der Waals surface area contributed by atoms with E-state index >= 15 is 0 Å². The van der Waals surface area contributed by atoms with E-state index in [4.69, 9.17) is 4.74 Å². The van der Waals surface area contributed by atoms with E-state index in [9.17, 15) is 13.9 Å². The molecule has 0 spiro atoms. The Labute approximate surface area is 92.9 Å². The van der Waals surface area contributed by atoms with Gasteiger partial charge >= 0.3 is 0 Å². The van der Waals surface area contributed by atoms with E-state index in [2.05, 4.69) is 0 Å². The number of hydrogen-bond donors (Lipinski definition) is 1. The van der Waals surface area contributed by atoms with Gasteiger partial charge in [-0.1, -0.05) is 12.5 Å². The molecule has 1 N–H and O–H groups in total. The van der Waals surface area contributed by atoms with Gasteiger partial charge in [-0.25, -0.2) is 4.39 Å². The molecule has 1 aliphatic rings. The number of hydrogen-bond acceptors (Lipinski definition) is 2. The Bertz CT molecular complexity index is 370. The van der Waals surface area contributed by atoms with Crippen molar-refractivity contribution in [2.45, 2.75) is 19.3 Å².